The Morgan fingerprint density at radius 2 is 1.57 bits per heavy atom. The lowest BCUT2D eigenvalue weighted by atomic mass is 10.1. The summed E-state index contributed by atoms with van der Waals surface area (Å²) >= 11 is 6.25. The van der Waals surface area contributed by atoms with E-state index in [0.717, 1.165) is 11.1 Å². The second-order valence-corrected chi connectivity index (χ2v) is 7.50. The number of nitrogens with zero attached hydrogens (tertiary/aromatic N) is 3. The quantitative estimate of drug-likeness (QED) is 0.484. The van der Waals surface area contributed by atoms with Gasteiger partial charge in [0.15, 0.2) is 5.69 Å². The van der Waals surface area contributed by atoms with E-state index in [1.165, 1.54) is 4.68 Å². The van der Waals surface area contributed by atoms with Crippen LogP contribution in [-0.2, 0) is 13.1 Å². The molecule has 1 amide bonds. The molecule has 0 radical (unpaired) electrons. The van der Waals surface area contributed by atoms with E-state index in [2.05, 4.69) is 5.10 Å². The molecular weight excluding hydrogens is 398 g/mol. The summed E-state index contributed by atoms with van der Waals surface area (Å²) in [5.74, 6) is -0.270. The summed E-state index contributed by atoms with van der Waals surface area (Å²) in [7, 11) is 1.70. The Labute approximate surface area is 179 Å². The van der Waals surface area contributed by atoms with E-state index in [0.29, 0.717) is 28.9 Å². The maximum Gasteiger partial charge on any atom is 0.274 e. The fraction of sp³-hybridized carbons (Fsp3) is 0.125. The Morgan fingerprint density at radius 3 is 2.30 bits per heavy atom. The summed E-state index contributed by atoms with van der Waals surface area (Å²) in [5, 5.41) is 6.08. The molecule has 1 aromatic heterocycles. The standard InChI is InChI=1S/C24H20ClN3O2/c1-27(16-18-11-5-8-14-21(18)25)24(30)22-19-12-6-7-13-20(19)23(29)28(26-22)15-17-9-3-2-4-10-17/h2-14H,15-16H2,1H3. The van der Waals surface area contributed by atoms with Crippen molar-refractivity contribution >= 4 is 28.3 Å². The van der Waals surface area contributed by atoms with Crippen LogP contribution in [0.2, 0.25) is 5.02 Å². The summed E-state index contributed by atoms with van der Waals surface area (Å²) in [5.41, 5.74) is 1.80. The average Bonchev–Trinajstić information content (AvgIpc) is 2.77. The minimum Gasteiger partial charge on any atom is -0.336 e. The number of hydrogen-bond donors (Lipinski definition) is 0. The summed E-state index contributed by atoms with van der Waals surface area (Å²) in [4.78, 5) is 27.8. The van der Waals surface area contributed by atoms with Crippen LogP contribution in [0.5, 0.6) is 0 Å². The van der Waals surface area contributed by atoms with Gasteiger partial charge < -0.3 is 4.90 Å². The van der Waals surface area contributed by atoms with Crippen LogP contribution in [-0.4, -0.2) is 27.6 Å². The molecule has 0 N–H and O–H groups in total. The first-order chi connectivity index (χ1) is 14.5. The van der Waals surface area contributed by atoms with E-state index in [9.17, 15) is 9.59 Å². The molecule has 0 saturated carbocycles. The van der Waals surface area contributed by atoms with E-state index in [4.69, 9.17) is 11.6 Å². The van der Waals surface area contributed by atoms with Gasteiger partial charge >= 0.3 is 0 Å². The predicted octanol–water partition coefficient (Wildman–Crippen LogP) is 4.37. The van der Waals surface area contributed by atoms with Crippen molar-refractivity contribution in [3.8, 4) is 0 Å². The van der Waals surface area contributed by atoms with Gasteiger partial charge in [-0.2, -0.15) is 5.10 Å². The molecule has 1 heterocycles. The van der Waals surface area contributed by atoms with Gasteiger partial charge in [-0.1, -0.05) is 78.3 Å². The highest BCUT2D eigenvalue weighted by Crippen LogP contribution is 2.19. The molecule has 0 fully saturated rings. The molecule has 0 aliphatic heterocycles. The number of amides is 1. The molecule has 150 valence electrons. The van der Waals surface area contributed by atoms with Gasteiger partial charge in [0.2, 0.25) is 0 Å². The maximum atomic E-state index is 13.3. The molecule has 30 heavy (non-hydrogen) atoms. The Bertz CT molecular complexity index is 1270. The van der Waals surface area contributed by atoms with E-state index in [1.807, 2.05) is 48.5 Å². The Kier molecular flexibility index (Phi) is 5.63. The zero-order chi connectivity index (χ0) is 21.1. The number of rotatable bonds is 5. The lowest BCUT2D eigenvalue weighted by Gasteiger charge is -2.19. The van der Waals surface area contributed by atoms with Crippen LogP contribution in [0.25, 0.3) is 10.8 Å². The minimum atomic E-state index is -0.270. The van der Waals surface area contributed by atoms with Crippen molar-refractivity contribution in [3.05, 3.63) is 111 Å². The van der Waals surface area contributed by atoms with Gasteiger partial charge in [-0.3, -0.25) is 9.59 Å². The molecule has 4 rings (SSSR count). The monoisotopic (exact) mass is 417 g/mol. The van der Waals surface area contributed by atoms with Gasteiger partial charge in [0.1, 0.15) is 0 Å². The number of aromatic nitrogens is 2. The number of carbonyl (C=O) groups excluding carboxylic acids is 1. The highest BCUT2D eigenvalue weighted by Gasteiger charge is 2.20. The largest absolute Gasteiger partial charge is 0.336 e. The zero-order valence-electron chi connectivity index (χ0n) is 16.5. The minimum absolute atomic E-state index is 0.222. The smallest absolute Gasteiger partial charge is 0.274 e. The Hall–Kier alpha value is -3.44. The zero-order valence-corrected chi connectivity index (χ0v) is 17.2. The molecule has 4 aromatic rings. The maximum absolute atomic E-state index is 13.3. The molecular formula is C24H20ClN3O2. The first-order valence-corrected chi connectivity index (χ1v) is 9.95. The number of halogens is 1. The van der Waals surface area contributed by atoms with Crippen LogP contribution in [0.1, 0.15) is 21.6 Å². The van der Waals surface area contributed by atoms with Crippen LogP contribution in [0.3, 0.4) is 0 Å². The number of fused-ring (bicyclic) bond motifs is 1. The second kappa shape index (κ2) is 8.51. The molecule has 0 aliphatic carbocycles. The molecule has 0 aliphatic rings. The van der Waals surface area contributed by atoms with Crippen LogP contribution >= 0.6 is 11.6 Å². The van der Waals surface area contributed by atoms with Crippen LogP contribution in [0.15, 0.2) is 83.7 Å². The van der Waals surface area contributed by atoms with Gasteiger partial charge in [0.25, 0.3) is 11.5 Å². The normalized spacial score (nSPS) is 10.9. The van der Waals surface area contributed by atoms with Gasteiger partial charge in [0, 0.05) is 24.0 Å². The van der Waals surface area contributed by atoms with Crippen molar-refractivity contribution < 1.29 is 4.79 Å². The van der Waals surface area contributed by atoms with Crippen LogP contribution in [0, 0.1) is 0 Å². The van der Waals surface area contributed by atoms with Crippen molar-refractivity contribution in [2.24, 2.45) is 0 Å². The molecule has 0 unspecified atom stereocenters. The number of benzene rings is 3. The van der Waals surface area contributed by atoms with E-state index in [-0.39, 0.29) is 17.2 Å². The lowest BCUT2D eigenvalue weighted by Crippen LogP contribution is -2.32. The highest BCUT2D eigenvalue weighted by atomic mass is 35.5. The third-order valence-corrected chi connectivity index (χ3v) is 5.33. The Balaban J connectivity index is 1.75. The second-order valence-electron chi connectivity index (χ2n) is 7.10. The van der Waals surface area contributed by atoms with Crippen molar-refractivity contribution in [2.75, 3.05) is 7.05 Å². The van der Waals surface area contributed by atoms with Crippen molar-refractivity contribution in [2.45, 2.75) is 13.1 Å². The van der Waals surface area contributed by atoms with Gasteiger partial charge in [-0.05, 0) is 23.3 Å². The van der Waals surface area contributed by atoms with E-state index >= 15 is 0 Å². The van der Waals surface area contributed by atoms with Crippen molar-refractivity contribution in [1.82, 2.24) is 14.7 Å². The van der Waals surface area contributed by atoms with Gasteiger partial charge in [0.05, 0.1) is 11.9 Å². The SMILES string of the molecule is CN(Cc1ccccc1Cl)C(=O)c1nn(Cc2ccccc2)c(=O)c2ccccc12. The van der Waals surface area contributed by atoms with E-state index in [1.54, 1.807) is 42.3 Å². The average molecular weight is 418 g/mol. The summed E-state index contributed by atoms with van der Waals surface area (Å²) in [6, 6.07) is 24.1. The summed E-state index contributed by atoms with van der Waals surface area (Å²) < 4.78 is 1.36. The summed E-state index contributed by atoms with van der Waals surface area (Å²) in [6.45, 7) is 0.630. The van der Waals surface area contributed by atoms with Crippen molar-refractivity contribution in [1.29, 1.82) is 0 Å². The fourth-order valence-electron chi connectivity index (χ4n) is 3.39. The van der Waals surface area contributed by atoms with Gasteiger partial charge in [-0.15, -0.1) is 0 Å². The van der Waals surface area contributed by atoms with Crippen molar-refractivity contribution in [3.63, 3.8) is 0 Å². The first-order valence-electron chi connectivity index (χ1n) is 9.57. The predicted molar refractivity (Wildman–Crippen MR) is 119 cm³/mol. The third kappa shape index (κ3) is 3.98. The fourth-order valence-corrected chi connectivity index (χ4v) is 3.59. The molecule has 5 nitrogen and oxygen atoms in total. The number of hydrogen-bond acceptors (Lipinski definition) is 3. The molecule has 6 heteroatoms. The Morgan fingerprint density at radius 1 is 0.933 bits per heavy atom. The third-order valence-electron chi connectivity index (χ3n) is 4.96. The molecule has 0 saturated heterocycles. The molecule has 3 aromatic carbocycles. The highest BCUT2D eigenvalue weighted by molar-refractivity contribution is 6.31. The number of carbonyl (C=O) groups is 1. The first kappa shape index (κ1) is 19.9. The van der Waals surface area contributed by atoms with E-state index < -0.39 is 0 Å². The topological polar surface area (TPSA) is 55.2 Å². The molecule has 0 spiro atoms. The van der Waals surface area contributed by atoms with Crippen LogP contribution in [0.4, 0.5) is 0 Å². The molecule has 0 atom stereocenters. The van der Waals surface area contributed by atoms with Crippen LogP contribution < -0.4 is 5.56 Å². The van der Waals surface area contributed by atoms with Gasteiger partial charge in [-0.25, -0.2) is 4.68 Å². The molecule has 0 bridgehead atoms. The lowest BCUT2D eigenvalue weighted by molar-refractivity contribution is 0.0779. The summed E-state index contributed by atoms with van der Waals surface area (Å²) in [6.07, 6.45) is 0.